The lowest BCUT2D eigenvalue weighted by Crippen LogP contribution is -2.33. The second kappa shape index (κ2) is 10.9. The Bertz CT molecular complexity index is 1650. The van der Waals surface area contributed by atoms with E-state index in [0.717, 1.165) is 41.7 Å². The average molecular weight is 545 g/mol. The number of carbonyl (C=O) groups is 3. The van der Waals surface area contributed by atoms with Gasteiger partial charge in [0.15, 0.2) is 6.10 Å². The first-order chi connectivity index (χ1) is 18.8. The first kappa shape index (κ1) is 26.4. The number of benzene rings is 2. The quantitative estimate of drug-likeness (QED) is 0.338. The SMILES string of the molecule is COC(=O)c1c(NC(=O)C(C)OC(=O)c2c(-c3ccccc3)c3ccccc3c(=O)n2C)sc2c1CCCC2. The van der Waals surface area contributed by atoms with Crippen molar-refractivity contribution in [2.45, 2.75) is 38.7 Å². The Labute approximate surface area is 229 Å². The number of pyridine rings is 1. The highest BCUT2D eigenvalue weighted by molar-refractivity contribution is 7.17. The minimum Gasteiger partial charge on any atom is -0.465 e. The first-order valence-corrected chi connectivity index (χ1v) is 13.5. The van der Waals surface area contributed by atoms with Crippen molar-refractivity contribution < 1.29 is 23.9 Å². The molecule has 8 nitrogen and oxygen atoms in total. The van der Waals surface area contributed by atoms with E-state index >= 15 is 0 Å². The summed E-state index contributed by atoms with van der Waals surface area (Å²) < 4.78 is 11.9. The molecule has 1 aliphatic rings. The third-order valence-corrected chi connectivity index (χ3v) is 8.22. The maximum Gasteiger partial charge on any atom is 0.356 e. The Balaban J connectivity index is 1.48. The van der Waals surface area contributed by atoms with Crippen molar-refractivity contribution in [1.82, 2.24) is 4.57 Å². The van der Waals surface area contributed by atoms with Crippen molar-refractivity contribution in [1.29, 1.82) is 0 Å². The van der Waals surface area contributed by atoms with E-state index < -0.39 is 23.9 Å². The van der Waals surface area contributed by atoms with Gasteiger partial charge in [-0.1, -0.05) is 48.5 Å². The molecule has 9 heteroatoms. The zero-order chi connectivity index (χ0) is 27.7. The minimum atomic E-state index is -1.20. The molecule has 1 atom stereocenters. The molecule has 2 aromatic heterocycles. The fourth-order valence-electron chi connectivity index (χ4n) is 5.06. The summed E-state index contributed by atoms with van der Waals surface area (Å²) >= 11 is 1.35. The summed E-state index contributed by atoms with van der Waals surface area (Å²) in [6.07, 6.45) is 2.36. The zero-order valence-electron chi connectivity index (χ0n) is 21.9. The van der Waals surface area contributed by atoms with Crippen LogP contribution in [0.5, 0.6) is 0 Å². The summed E-state index contributed by atoms with van der Waals surface area (Å²) in [7, 11) is 2.82. The van der Waals surface area contributed by atoms with Crippen LogP contribution in [0.25, 0.3) is 21.9 Å². The van der Waals surface area contributed by atoms with Gasteiger partial charge in [-0.15, -0.1) is 11.3 Å². The fraction of sp³-hybridized carbons (Fsp3) is 0.267. The number of aryl methyl sites for hydroxylation is 1. The summed E-state index contributed by atoms with van der Waals surface area (Å²) in [5.74, 6) is -1.90. The molecule has 0 saturated heterocycles. The molecule has 0 radical (unpaired) electrons. The van der Waals surface area contributed by atoms with E-state index in [1.165, 1.54) is 37.0 Å². The molecule has 0 aliphatic heterocycles. The molecule has 1 unspecified atom stereocenters. The number of amides is 1. The van der Waals surface area contributed by atoms with Gasteiger partial charge in [-0.3, -0.25) is 9.59 Å². The van der Waals surface area contributed by atoms with Crippen molar-refractivity contribution in [2.24, 2.45) is 7.05 Å². The number of rotatable bonds is 6. The number of hydrogen-bond acceptors (Lipinski definition) is 7. The molecule has 0 spiro atoms. The standard InChI is InChI=1S/C30H28N2O6S/c1-17(26(33)31-27-24(29(35)37-3)21-15-9-10-16-22(21)39-27)38-30(36)25-23(18-11-5-4-6-12-18)19-13-7-8-14-20(19)28(34)32(25)2/h4-8,11-14,17H,9-10,15-16H2,1-3H3,(H,31,33). The molecule has 2 heterocycles. The Morgan fingerprint density at radius 1 is 0.949 bits per heavy atom. The number of thiophene rings is 1. The normalized spacial score (nSPS) is 13.4. The van der Waals surface area contributed by atoms with Gasteiger partial charge < -0.3 is 19.4 Å². The molecule has 0 saturated carbocycles. The molecule has 1 N–H and O–H groups in total. The summed E-state index contributed by atoms with van der Waals surface area (Å²) in [5.41, 5.74) is 2.27. The van der Waals surface area contributed by atoms with Crippen LogP contribution >= 0.6 is 11.3 Å². The highest BCUT2D eigenvalue weighted by Crippen LogP contribution is 2.39. The Hall–Kier alpha value is -4.24. The lowest BCUT2D eigenvalue weighted by Gasteiger charge is -2.19. The largest absolute Gasteiger partial charge is 0.465 e. The molecule has 2 aromatic carbocycles. The lowest BCUT2D eigenvalue weighted by molar-refractivity contribution is -0.123. The highest BCUT2D eigenvalue weighted by atomic mass is 32.1. The van der Waals surface area contributed by atoms with E-state index in [1.807, 2.05) is 30.3 Å². The van der Waals surface area contributed by atoms with Crippen LogP contribution in [-0.2, 0) is 34.2 Å². The number of esters is 2. The van der Waals surface area contributed by atoms with Crippen LogP contribution in [0.1, 0.15) is 51.1 Å². The monoisotopic (exact) mass is 544 g/mol. The molecule has 0 bridgehead atoms. The average Bonchev–Trinajstić information content (AvgIpc) is 3.32. The number of fused-ring (bicyclic) bond motifs is 2. The van der Waals surface area contributed by atoms with E-state index in [4.69, 9.17) is 9.47 Å². The topological polar surface area (TPSA) is 104 Å². The van der Waals surface area contributed by atoms with Gasteiger partial charge in [0, 0.05) is 22.9 Å². The van der Waals surface area contributed by atoms with Crippen molar-refractivity contribution in [3.05, 3.63) is 86.6 Å². The number of methoxy groups -OCH3 is 1. The van der Waals surface area contributed by atoms with Crippen LogP contribution in [-0.4, -0.2) is 35.6 Å². The van der Waals surface area contributed by atoms with Crippen LogP contribution in [0.3, 0.4) is 0 Å². The number of aromatic nitrogens is 1. The molecule has 39 heavy (non-hydrogen) atoms. The van der Waals surface area contributed by atoms with Crippen molar-refractivity contribution >= 4 is 45.0 Å². The molecule has 1 aliphatic carbocycles. The number of anilines is 1. The molecule has 5 rings (SSSR count). The molecule has 1 amide bonds. The molecule has 200 valence electrons. The Morgan fingerprint density at radius 2 is 1.62 bits per heavy atom. The number of carbonyl (C=O) groups excluding carboxylic acids is 3. The van der Waals surface area contributed by atoms with Crippen LogP contribution in [0.2, 0.25) is 0 Å². The van der Waals surface area contributed by atoms with E-state index in [1.54, 1.807) is 24.3 Å². The van der Waals surface area contributed by atoms with Crippen molar-refractivity contribution in [3.8, 4) is 11.1 Å². The van der Waals surface area contributed by atoms with Gasteiger partial charge in [0.05, 0.1) is 12.7 Å². The minimum absolute atomic E-state index is 0.0476. The summed E-state index contributed by atoms with van der Waals surface area (Å²) in [4.78, 5) is 53.5. The van der Waals surface area contributed by atoms with Crippen LogP contribution < -0.4 is 10.9 Å². The summed E-state index contributed by atoms with van der Waals surface area (Å²) in [6.45, 7) is 1.46. The Kier molecular flexibility index (Phi) is 7.34. The third-order valence-electron chi connectivity index (χ3n) is 7.01. The van der Waals surface area contributed by atoms with Gasteiger partial charge in [0.25, 0.3) is 11.5 Å². The first-order valence-electron chi connectivity index (χ1n) is 12.7. The van der Waals surface area contributed by atoms with Crippen LogP contribution in [0.15, 0.2) is 59.4 Å². The van der Waals surface area contributed by atoms with Gasteiger partial charge in [-0.25, -0.2) is 9.59 Å². The van der Waals surface area contributed by atoms with Crippen LogP contribution in [0, 0.1) is 0 Å². The van der Waals surface area contributed by atoms with E-state index in [2.05, 4.69) is 5.32 Å². The third kappa shape index (κ3) is 4.85. The highest BCUT2D eigenvalue weighted by Gasteiger charge is 2.30. The summed E-state index contributed by atoms with van der Waals surface area (Å²) in [5, 5.41) is 4.25. The number of hydrogen-bond donors (Lipinski definition) is 1. The van der Waals surface area contributed by atoms with E-state index in [0.29, 0.717) is 26.9 Å². The van der Waals surface area contributed by atoms with Gasteiger partial charge in [-0.05, 0) is 55.2 Å². The smallest absolute Gasteiger partial charge is 0.356 e. The van der Waals surface area contributed by atoms with Gasteiger partial charge in [0.2, 0.25) is 0 Å². The zero-order valence-corrected chi connectivity index (χ0v) is 22.7. The van der Waals surface area contributed by atoms with Gasteiger partial charge in [-0.2, -0.15) is 0 Å². The number of nitrogens with one attached hydrogen (secondary N) is 1. The predicted octanol–water partition coefficient (Wildman–Crippen LogP) is 5.12. The molecular weight excluding hydrogens is 516 g/mol. The molecule has 0 fully saturated rings. The van der Waals surface area contributed by atoms with E-state index in [9.17, 15) is 19.2 Å². The number of nitrogens with zero attached hydrogens (tertiary/aromatic N) is 1. The van der Waals surface area contributed by atoms with Crippen molar-refractivity contribution in [3.63, 3.8) is 0 Å². The molecular formula is C30H28N2O6S. The summed E-state index contributed by atoms with van der Waals surface area (Å²) in [6, 6.07) is 16.3. The fourth-order valence-corrected chi connectivity index (χ4v) is 6.34. The maximum absolute atomic E-state index is 13.6. The maximum atomic E-state index is 13.6. The lowest BCUT2D eigenvalue weighted by atomic mass is 9.95. The van der Waals surface area contributed by atoms with E-state index in [-0.39, 0.29) is 11.3 Å². The molecule has 4 aromatic rings. The van der Waals surface area contributed by atoms with Gasteiger partial charge >= 0.3 is 11.9 Å². The second-order valence-corrected chi connectivity index (χ2v) is 10.5. The van der Waals surface area contributed by atoms with Crippen molar-refractivity contribution in [2.75, 3.05) is 12.4 Å². The van der Waals surface area contributed by atoms with Gasteiger partial charge in [0.1, 0.15) is 10.7 Å². The Morgan fingerprint density at radius 3 is 2.33 bits per heavy atom. The predicted molar refractivity (Wildman–Crippen MR) is 150 cm³/mol. The van der Waals surface area contributed by atoms with Crippen LogP contribution in [0.4, 0.5) is 5.00 Å². The second-order valence-electron chi connectivity index (χ2n) is 9.44. The number of ether oxygens (including phenoxy) is 2.